The summed E-state index contributed by atoms with van der Waals surface area (Å²) in [4.78, 5) is 11.3. The van der Waals surface area contributed by atoms with Crippen molar-refractivity contribution in [2.24, 2.45) is 0 Å². The average molecular weight is 206 g/mol. The van der Waals surface area contributed by atoms with Gasteiger partial charge in [0.15, 0.2) is 0 Å². The summed E-state index contributed by atoms with van der Waals surface area (Å²) >= 11 is 0. The van der Waals surface area contributed by atoms with Crippen LogP contribution in [0.4, 0.5) is 0 Å². The SMILES string of the molecule is C=C(C)c1ccc(C(=O)OC)cc1OC. The highest BCUT2D eigenvalue weighted by Gasteiger charge is 2.10. The van der Waals surface area contributed by atoms with Gasteiger partial charge >= 0.3 is 5.97 Å². The fourth-order valence-electron chi connectivity index (χ4n) is 1.29. The molecule has 0 aliphatic rings. The van der Waals surface area contributed by atoms with Gasteiger partial charge in [-0.1, -0.05) is 12.6 Å². The Morgan fingerprint density at radius 2 is 2.00 bits per heavy atom. The van der Waals surface area contributed by atoms with Crippen LogP contribution in [0.5, 0.6) is 5.75 Å². The van der Waals surface area contributed by atoms with Gasteiger partial charge in [0.05, 0.1) is 19.8 Å². The Kier molecular flexibility index (Phi) is 3.50. The maximum absolute atomic E-state index is 11.3. The molecule has 80 valence electrons. The molecule has 0 saturated heterocycles. The van der Waals surface area contributed by atoms with Gasteiger partial charge in [0, 0.05) is 5.56 Å². The molecule has 0 atom stereocenters. The molecule has 1 aromatic rings. The van der Waals surface area contributed by atoms with Gasteiger partial charge in [0.2, 0.25) is 0 Å². The highest BCUT2D eigenvalue weighted by Crippen LogP contribution is 2.26. The third-order valence-corrected chi connectivity index (χ3v) is 2.08. The van der Waals surface area contributed by atoms with E-state index >= 15 is 0 Å². The smallest absolute Gasteiger partial charge is 0.337 e. The van der Waals surface area contributed by atoms with Crippen LogP contribution in [-0.4, -0.2) is 20.2 Å². The van der Waals surface area contributed by atoms with Crippen LogP contribution >= 0.6 is 0 Å². The van der Waals surface area contributed by atoms with Crippen molar-refractivity contribution in [3.63, 3.8) is 0 Å². The highest BCUT2D eigenvalue weighted by molar-refractivity contribution is 5.90. The van der Waals surface area contributed by atoms with Crippen LogP contribution in [0, 0.1) is 0 Å². The zero-order valence-electron chi connectivity index (χ0n) is 9.16. The van der Waals surface area contributed by atoms with Crippen molar-refractivity contribution in [3.05, 3.63) is 35.9 Å². The fraction of sp³-hybridized carbons (Fsp3) is 0.250. The summed E-state index contributed by atoms with van der Waals surface area (Å²) < 4.78 is 9.79. The first-order chi connectivity index (χ1) is 7.10. The van der Waals surface area contributed by atoms with Gasteiger partial charge in [0.1, 0.15) is 5.75 Å². The Labute approximate surface area is 89.3 Å². The standard InChI is InChI=1S/C12H14O3/c1-8(2)10-6-5-9(12(13)15-4)7-11(10)14-3/h5-7H,1H2,2-4H3. The molecule has 0 fully saturated rings. The Hall–Kier alpha value is -1.77. The van der Waals surface area contributed by atoms with Crippen LogP contribution in [0.2, 0.25) is 0 Å². The van der Waals surface area contributed by atoms with E-state index in [-0.39, 0.29) is 5.97 Å². The van der Waals surface area contributed by atoms with Crippen molar-refractivity contribution < 1.29 is 14.3 Å². The molecule has 0 bridgehead atoms. The normalized spacial score (nSPS) is 9.53. The second-order valence-corrected chi connectivity index (χ2v) is 3.19. The summed E-state index contributed by atoms with van der Waals surface area (Å²) in [6.07, 6.45) is 0. The quantitative estimate of drug-likeness (QED) is 0.713. The number of hydrogen-bond acceptors (Lipinski definition) is 3. The first-order valence-corrected chi connectivity index (χ1v) is 4.52. The molecular weight excluding hydrogens is 192 g/mol. The van der Waals surface area contributed by atoms with Gasteiger partial charge in [-0.3, -0.25) is 0 Å². The largest absolute Gasteiger partial charge is 0.496 e. The fourth-order valence-corrected chi connectivity index (χ4v) is 1.29. The Morgan fingerprint density at radius 3 is 2.47 bits per heavy atom. The van der Waals surface area contributed by atoms with Gasteiger partial charge in [-0.15, -0.1) is 0 Å². The molecule has 3 nitrogen and oxygen atoms in total. The zero-order chi connectivity index (χ0) is 11.4. The maximum Gasteiger partial charge on any atom is 0.337 e. The van der Waals surface area contributed by atoms with Crippen molar-refractivity contribution in [2.45, 2.75) is 6.92 Å². The number of carbonyl (C=O) groups is 1. The summed E-state index contributed by atoms with van der Waals surface area (Å²) in [5.41, 5.74) is 2.26. The molecule has 0 heterocycles. The van der Waals surface area contributed by atoms with Crippen LogP contribution in [-0.2, 0) is 4.74 Å². The number of allylic oxidation sites excluding steroid dienone is 1. The molecule has 0 radical (unpaired) electrons. The summed E-state index contributed by atoms with van der Waals surface area (Å²) in [6, 6.07) is 5.14. The Bertz CT molecular complexity index is 394. The van der Waals surface area contributed by atoms with Gasteiger partial charge < -0.3 is 9.47 Å². The van der Waals surface area contributed by atoms with E-state index in [4.69, 9.17) is 4.74 Å². The van der Waals surface area contributed by atoms with E-state index in [9.17, 15) is 4.79 Å². The molecule has 0 unspecified atom stereocenters. The van der Waals surface area contributed by atoms with E-state index in [1.807, 2.05) is 6.92 Å². The highest BCUT2D eigenvalue weighted by atomic mass is 16.5. The third-order valence-electron chi connectivity index (χ3n) is 2.08. The van der Waals surface area contributed by atoms with Crippen molar-refractivity contribution in [1.29, 1.82) is 0 Å². The lowest BCUT2D eigenvalue weighted by Gasteiger charge is -2.09. The van der Waals surface area contributed by atoms with E-state index in [1.165, 1.54) is 7.11 Å². The van der Waals surface area contributed by atoms with Crippen LogP contribution in [0.15, 0.2) is 24.8 Å². The number of hydrogen-bond donors (Lipinski definition) is 0. The average Bonchev–Trinajstić information content (AvgIpc) is 2.26. The molecule has 15 heavy (non-hydrogen) atoms. The topological polar surface area (TPSA) is 35.5 Å². The van der Waals surface area contributed by atoms with E-state index < -0.39 is 0 Å². The number of ether oxygens (including phenoxy) is 2. The van der Waals surface area contributed by atoms with Crippen LogP contribution in [0.1, 0.15) is 22.8 Å². The molecule has 0 aromatic heterocycles. The van der Waals surface area contributed by atoms with E-state index in [2.05, 4.69) is 11.3 Å². The lowest BCUT2D eigenvalue weighted by molar-refractivity contribution is 0.0600. The molecule has 0 aliphatic carbocycles. The summed E-state index contributed by atoms with van der Waals surface area (Å²) in [7, 11) is 2.91. The monoisotopic (exact) mass is 206 g/mol. The predicted octanol–water partition coefficient (Wildman–Crippen LogP) is 2.51. The van der Waals surface area contributed by atoms with Crippen LogP contribution < -0.4 is 4.74 Å². The van der Waals surface area contributed by atoms with Gasteiger partial charge in [-0.05, 0) is 24.6 Å². The molecule has 0 amide bonds. The molecule has 1 aromatic carbocycles. The first-order valence-electron chi connectivity index (χ1n) is 4.52. The van der Waals surface area contributed by atoms with Gasteiger partial charge in [-0.2, -0.15) is 0 Å². The minimum atomic E-state index is -0.374. The van der Waals surface area contributed by atoms with E-state index in [0.717, 1.165) is 11.1 Å². The second kappa shape index (κ2) is 4.64. The van der Waals surface area contributed by atoms with Crippen LogP contribution in [0.25, 0.3) is 5.57 Å². The second-order valence-electron chi connectivity index (χ2n) is 3.19. The van der Waals surface area contributed by atoms with Crippen molar-refractivity contribution >= 4 is 11.5 Å². The van der Waals surface area contributed by atoms with Crippen molar-refractivity contribution in [3.8, 4) is 5.75 Å². The van der Waals surface area contributed by atoms with Gasteiger partial charge in [0.25, 0.3) is 0 Å². The Morgan fingerprint density at radius 1 is 1.33 bits per heavy atom. The zero-order valence-corrected chi connectivity index (χ0v) is 9.16. The minimum Gasteiger partial charge on any atom is -0.496 e. The molecule has 1 rings (SSSR count). The van der Waals surface area contributed by atoms with Crippen molar-refractivity contribution in [2.75, 3.05) is 14.2 Å². The molecule has 3 heteroatoms. The number of carbonyl (C=O) groups excluding carboxylic acids is 1. The van der Waals surface area contributed by atoms with E-state index in [1.54, 1.807) is 25.3 Å². The third kappa shape index (κ3) is 2.37. The molecule has 0 spiro atoms. The number of methoxy groups -OCH3 is 2. The maximum atomic E-state index is 11.3. The molecule has 0 saturated carbocycles. The summed E-state index contributed by atoms with van der Waals surface area (Å²) in [6.45, 7) is 5.72. The Balaban J connectivity index is 3.19. The van der Waals surface area contributed by atoms with E-state index in [0.29, 0.717) is 11.3 Å². The number of benzene rings is 1. The molecule has 0 N–H and O–H groups in total. The van der Waals surface area contributed by atoms with Gasteiger partial charge in [-0.25, -0.2) is 4.79 Å². The lowest BCUT2D eigenvalue weighted by atomic mass is 10.1. The molecular formula is C12H14O3. The molecule has 0 aliphatic heterocycles. The summed E-state index contributed by atoms with van der Waals surface area (Å²) in [5, 5.41) is 0. The number of esters is 1. The first kappa shape index (κ1) is 11.3. The minimum absolute atomic E-state index is 0.374. The summed E-state index contributed by atoms with van der Waals surface area (Å²) in [5.74, 6) is 0.256. The van der Waals surface area contributed by atoms with Crippen molar-refractivity contribution in [1.82, 2.24) is 0 Å². The number of rotatable bonds is 3. The predicted molar refractivity (Wildman–Crippen MR) is 59.0 cm³/mol. The lowest BCUT2D eigenvalue weighted by Crippen LogP contribution is -2.02. The van der Waals surface area contributed by atoms with Crippen LogP contribution in [0.3, 0.4) is 0 Å².